The van der Waals surface area contributed by atoms with Gasteiger partial charge in [0.1, 0.15) is 0 Å². The highest BCUT2D eigenvalue weighted by Gasteiger charge is 2.41. The number of hydrogen-bond acceptors (Lipinski definition) is 3. The van der Waals surface area contributed by atoms with Crippen LogP contribution in [-0.4, -0.2) is 47.8 Å². The minimum atomic E-state index is -0.155. The van der Waals surface area contributed by atoms with Crippen LogP contribution in [0.15, 0.2) is 0 Å². The molecule has 0 aromatic rings. The van der Waals surface area contributed by atoms with E-state index in [9.17, 15) is 4.79 Å². The maximum absolute atomic E-state index is 12.4. The molecule has 3 N–H and O–H groups in total. The Balaban J connectivity index is 1.95. The summed E-state index contributed by atoms with van der Waals surface area (Å²) in [6.45, 7) is 8.21. The Kier molecular flexibility index (Phi) is 4.59. The van der Waals surface area contributed by atoms with Crippen LogP contribution in [0.3, 0.4) is 0 Å². The average Bonchev–Trinajstić information content (AvgIpc) is 2.42. The van der Waals surface area contributed by atoms with Gasteiger partial charge in [0.15, 0.2) is 0 Å². The van der Waals surface area contributed by atoms with E-state index in [-0.39, 0.29) is 17.2 Å². The number of carbonyl (C=O) groups is 1. The number of hydrogen-bond donors (Lipinski definition) is 2. The summed E-state index contributed by atoms with van der Waals surface area (Å²) in [7, 11) is 0. The molecule has 2 amide bonds. The SMILES string of the molecule is CCC(C)(C)NC(=O)N1CCOC2(CCC(N)CC2)C1. The molecule has 1 aliphatic carbocycles. The largest absolute Gasteiger partial charge is 0.371 e. The van der Waals surface area contributed by atoms with Crippen LogP contribution in [0.25, 0.3) is 0 Å². The molecule has 20 heavy (non-hydrogen) atoms. The van der Waals surface area contributed by atoms with Gasteiger partial charge < -0.3 is 20.7 Å². The fraction of sp³-hybridized carbons (Fsp3) is 0.933. The van der Waals surface area contributed by atoms with Crippen molar-refractivity contribution in [1.82, 2.24) is 10.2 Å². The molecule has 0 unspecified atom stereocenters. The smallest absolute Gasteiger partial charge is 0.317 e. The van der Waals surface area contributed by atoms with Crippen molar-refractivity contribution >= 4 is 6.03 Å². The molecular weight excluding hydrogens is 254 g/mol. The van der Waals surface area contributed by atoms with E-state index in [0.29, 0.717) is 25.7 Å². The van der Waals surface area contributed by atoms with Crippen molar-refractivity contribution in [3.8, 4) is 0 Å². The molecular formula is C15H29N3O2. The standard InChI is InChI=1S/C15H29N3O2/c1-4-14(2,3)17-13(19)18-9-10-20-15(11-18)7-5-12(16)6-8-15/h12H,4-11,16H2,1-3H3,(H,17,19). The number of rotatable bonds is 2. The zero-order chi connectivity index (χ0) is 14.8. The fourth-order valence-corrected chi connectivity index (χ4v) is 2.94. The van der Waals surface area contributed by atoms with Crippen LogP contribution in [-0.2, 0) is 4.74 Å². The van der Waals surface area contributed by atoms with Crippen LogP contribution in [0, 0.1) is 0 Å². The third-order valence-electron chi connectivity index (χ3n) is 4.81. The lowest BCUT2D eigenvalue weighted by Gasteiger charge is -2.46. The minimum absolute atomic E-state index is 0.0365. The third-order valence-corrected chi connectivity index (χ3v) is 4.81. The first kappa shape index (κ1) is 15.6. The van der Waals surface area contributed by atoms with Crippen molar-refractivity contribution in [2.24, 2.45) is 5.73 Å². The van der Waals surface area contributed by atoms with Gasteiger partial charge in [-0.1, -0.05) is 6.92 Å². The van der Waals surface area contributed by atoms with E-state index >= 15 is 0 Å². The Bertz CT molecular complexity index is 349. The van der Waals surface area contributed by atoms with E-state index in [1.165, 1.54) is 0 Å². The molecule has 0 aromatic heterocycles. The van der Waals surface area contributed by atoms with Gasteiger partial charge in [0.05, 0.1) is 18.8 Å². The number of urea groups is 1. The van der Waals surface area contributed by atoms with Crippen molar-refractivity contribution in [2.45, 2.75) is 70.1 Å². The van der Waals surface area contributed by atoms with Gasteiger partial charge in [-0.15, -0.1) is 0 Å². The van der Waals surface area contributed by atoms with Gasteiger partial charge in [-0.3, -0.25) is 0 Å². The number of nitrogens with two attached hydrogens (primary N) is 1. The molecule has 2 aliphatic rings. The normalized spacial score (nSPS) is 31.4. The van der Waals surface area contributed by atoms with Crippen molar-refractivity contribution in [3.63, 3.8) is 0 Å². The van der Waals surface area contributed by atoms with E-state index in [1.807, 2.05) is 4.90 Å². The zero-order valence-corrected chi connectivity index (χ0v) is 13.1. The number of carbonyl (C=O) groups excluding carboxylic acids is 1. The van der Waals surface area contributed by atoms with Gasteiger partial charge in [0, 0.05) is 18.1 Å². The van der Waals surface area contributed by atoms with Crippen LogP contribution in [0.1, 0.15) is 52.9 Å². The highest BCUT2D eigenvalue weighted by atomic mass is 16.5. The Hall–Kier alpha value is -0.810. The van der Waals surface area contributed by atoms with Gasteiger partial charge in [0.2, 0.25) is 0 Å². The Morgan fingerprint density at radius 2 is 2.10 bits per heavy atom. The highest BCUT2D eigenvalue weighted by Crippen LogP contribution is 2.34. The summed E-state index contributed by atoms with van der Waals surface area (Å²) in [6, 6.07) is 0.335. The van der Waals surface area contributed by atoms with Crippen molar-refractivity contribution in [1.29, 1.82) is 0 Å². The molecule has 0 radical (unpaired) electrons. The second-order valence-electron chi connectivity index (χ2n) is 6.96. The molecule has 2 rings (SSSR count). The van der Waals surface area contributed by atoms with Gasteiger partial charge in [-0.05, 0) is 46.0 Å². The first-order valence-electron chi connectivity index (χ1n) is 7.82. The van der Waals surface area contributed by atoms with Crippen LogP contribution in [0.2, 0.25) is 0 Å². The van der Waals surface area contributed by atoms with E-state index in [1.54, 1.807) is 0 Å². The number of nitrogens with one attached hydrogen (secondary N) is 1. The van der Waals surface area contributed by atoms with Gasteiger partial charge >= 0.3 is 6.03 Å². The molecule has 1 heterocycles. The maximum Gasteiger partial charge on any atom is 0.317 e. The first-order chi connectivity index (χ1) is 9.36. The minimum Gasteiger partial charge on any atom is -0.371 e. The summed E-state index contributed by atoms with van der Waals surface area (Å²) in [5.41, 5.74) is 5.67. The molecule has 116 valence electrons. The summed E-state index contributed by atoms with van der Waals surface area (Å²) in [5, 5.41) is 3.11. The van der Waals surface area contributed by atoms with Gasteiger partial charge in [-0.25, -0.2) is 4.79 Å². The topological polar surface area (TPSA) is 67.6 Å². The molecule has 5 heteroatoms. The molecule has 5 nitrogen and oxygen atoms in total. The second-order valence-corrected chi connectivity index (χ2v) is 6.96. The fourth-order valence-electron chi connectivity index (χ4n) is 2.94. The lowest BCUT2D eigenvalue weighted by Crippen LogP contribution is -2.59. The number of morpholine rings is 1. The van der Waals surface area contributed by atoms with Crippen molar-refractivity contribution < 1.29 is 9.53 Å². The van der Waals surface area contributed by atoms with Crippen LogP contribution in [0.4, 0.5) is 4.79 Å². The lowest BCUT2D eigenvalue weighted by molar-refractivity contribution is -0.118. The molecule has 0 aromatic carbocycles. The Morgan fingerprint density at radius 3 is 2.70 bits per heavy atom. The van der Waals surface area contributed by atoms with E-state index in [0.717, 1.165) is 32.1 Å². The van der Waals surface area contributed by atoms with Crippen LogP contribution < -0.4 is 11.1 Å². The molecule has 1 spiro atoms. The van der Waals surface area contributed by atoms with E-state index in [4.69, 9.17) is 10.5 Å². The molecule has 0 atom stereocenters. The molecule has 1 saturated heterocycles. The summed E-state index contributed by atoms with van der Waals surface area (Å²) in [6.07, 6.45) is 4.85. The number of amides is 2. The maximum atomic E-state index is 12.4. The number of nitrogens with zero attached hydrogens (tertiary/aromatic N) is 1. The zero-order valence-electron chi connectivity index (χ0n) is 13.1. The van der Waals surface area contributed by atoms with Crippen molar-refractivity contribution in [2.75, 3.05) is 19.7 Å². The monoisotopic (exact) mass is 283 g/mol. The Labute approximate surface area is 122 Å². The number of ether oxygens (including phenoxy) is 1. The lowest BCUT2D eigenvalue weighted by atomic mass is 9.81. The summed E-state index contributed by atoms with van der Waals surface area (Å²) in [5.74, 6) is 0. The quantitative estimate of drug-likeness (QED) is 0.813. The molecule has 1 aliphatic heterocycles. The highest BCUT2D eigenvalue weighted by molar-refractivity contribution is 5.75. The van der Waals surface area contributed by atoms with E-state index in [2.05, 4.69) is 26.1 Å². The summed E-state index contributed by atoms with van der Waals surface area (Å²) < 4.78 is 6.01. The van der Waals surface area contributed by atoms with Crippen LogP contribution >= 0.6 is 0 Å². The Morgan fingerprint density at radius 1 is 1.45 bits per heavy atom. The molecule has 0 bridgehead atoms. The predicted molar refractivity (Wildman–Crippen MR) is 79.6 cm³/mol. The first-order valence-corrected chi connectivity index (χ1v) is 7.82. The predicted octanol–water partition coefficient (Wildman–Crippen LogP) is 1.86. The summed E-state index contributed by atoms with van der Waals surface area (Å²) >= 11 is 0. The van der Waals surface area contributed by atoms with E-state index < -0.39 is 0 Å². The molecule has 2 fully saturated rings. The van der Waals surface area contributed by atoms with Crippen LogP contribution in [0.5, 0.6) is 0 Å². The average molecular weight is 283 g/mol. The molecule has 1 saturated carbocycles. The van der Waals surface area contributed by atoms with Gasteiger partial charge in [-0.2, -0.15) is 0 Å². The second kappa shape index (κ2) is 5.90. The third kappa shape index (κ3) is 3.64. The summed E-state index contributed by atoms with van der Waals surface area (Å²) in [4.78, 5) is 14.3. The van der Waals surface area contributed by atoms with Crippen molar-refractivity contribution in [3.05, 3.63) is 0 Å². The van der Waals surface area contributed by atoms with Gasteiger partial charge in [0.25, 0.3) is 0 Å².